The summed E-state index contributed by atoms with van der Waals surface area (Å²) in [5, 5.41) is 6.00. The maximum Gasteiger partial charge on any atom is 0.251 e. The summed E-state index contributed by atoms with van der Waals surface area (Å²) in [5.74, 6) is 0.240. The maximum absolute atomic E-state index is 11.9. The van der Waals surface area contributed by atoms with Crippen LogP contribution in [0.2, 0.25) is 5.02 Å². The fraction of sp³-hybridized carbons (Fsp3) is 0.158. The highest BCUT2D eigenvalue weighted by Crippen LogP contribution is 2.18. The quantitative estimate of drug-likeness (QED) is 0.590. The Hall–Kier alpha value is -2.79. The van der Waals surface area contributed by atoms with Gasteiger partial charge in [0, 0.05) is 35.3 Å². The van der Waals surface area contributed by atoms with E-state index in [4.69, 9.17) is 16.3 Å². The predicted molar refractivity (Wildman–Crippen MR) is 98.8 cm³/mol. The highest BCUT2D eigenvalue weighted by Gasteiger charge is 2.04. The molecule has 0 saturated heterocycles. The van der Waals surface area contributed by atoms with Crippen LogP contribution in [0.3, 0.4) is 0 Å². The van der Waals surface area contributed by atoms with Crippen molar-refractivity contribution in [2.45, 2.75) is 0 Å². The molecule has 0 bridgehead atoms. The van der Waals surface area contributed by atoms with Crippen LogP contribution in [0, 0.1) is 0 Å². The molecule has 2 amide bonds. The van der Waals surface area contributed by atoms with Crippen molar-refractivity contribution < 1.29 is 14.3 Å². The number of amides is 2. The molecular weight excluding hydrogens is 340 g/mol. The highest BCUT2D eigenvalue weighted by molar-refractivity contribution is 6.30. The van der Waals surface area contributed by atoms with Crippen LogP contribution in [0.4, 0.5) is 0 Å². The monoisotopic (exact) mass is 358 g/mol. The van der Waals surface area contributed by atoms with Gasteiger partial charge in [0.05, 0.1) is 7.11 Å². The summed E-state index contributed by atoms with van der Waals surface area (Å²) in [6, 6.07) is 14.0. The third kappa shape index (κ3) is 5.97. The Balaban J connectivity index is 1.74. The van der Waals surface area contributed by atoms with E-state index in [1.165, 1.54) is 6.08 Å². The Labute approximate surface area is 151 Å². The van der Waals surface area contributed by atoms with E-state index in [-0.39, 0.29) is 11.8 Å². The summed E-state index contributed by atoms with van der Waals surface area (Å²) in [4.78, 5) is 23.7. The number of benzene rings is 2. The van der Waals surface area contributed by atoms with Crippen molar-refractivity contribution in [1.82, 2.24) is 10.6 Å². The zero-order chi connectivity index (χ0) is 18.1. The number of methoxy groups -OCH3 is 1. The number of rotatable bonds is 7. The molecule has 6 heteroatoms. The van der Waals surface area contributed by atoms with E-state index in [9.17, 15) is 9.59 Å². The van der Waals surface area contributed by atoms with Gasteiger partial charge < -0.3 is 15.4 Å². The number of nitrogens with one attached hydrogen (secondary N) is 2. The minimum atomic E-state index is -0.244. The summed E-state index contributed by atoms with van der Waals surface area (Å²) >= 11 is 5.78. The Morgan fingerprint density at radius 2 is 1.72 bits per heavy atom. The van der Waals surface area contributed by atoms with Crippen LogP contribution in [0.1, 0.15) is 15.9 Å². The molecule has 0 spiro atoms. The number of carbonyl (C=O) groups excluding carboxylic acids is 2. The third-order valence-electron chi connectivity index (χ3n) is 3.37. The van der Waals surface area contributed by atoms with Crippen molar-refractivity contribution in [3.63, 3.8) is 0 Å². The normalized spacial score (nSPS) is 10.5. The number of hydrogen-bond acceptors (Lipinski definition) is 3. The lowest BCUT2D eigenvalue weighted by atomic mass is 10.2. The second-order valence-electron chi connectivity index (χ2n) is 5.13. The van der Waals surface area contributed by atoms with Gasteiger partial charge in [-0.3, -0.25) is 9.59 Å². The zero-order valence-electron chi connectivity index (χ0n) is 13.8. The second-order valence-corrected chi connectivity index (χ2v) is 5.57. The molecule has 2 aromatic rings. The Morgan fingerprint density at radius 3 is 2.44 bits per heavy atom. The molecule has 2 N–H and O–H groups in total. The van der Waals surface area contributed by atoms with Gasteiger partial charge in [0.1, 0.15) is 5.75 Å². The molecule has 0 atom stereocenters. The molecule has 0 radical (unpaired) electrons. The molecule has 0 aromatic heterocycles. The van der Waals surface area contributed by atoms with E-state index >= 15 is 0 Å². The van der Waals surface area contributed by atoms with E-state index in [0.717, 1.165) is 5.56 Å². The molecule has 2 rings (SSSR count). The maximum atomic E-state index is 11.9. The first-order chi connectivity index (χ1) is 12.1. The highest BCUT2D eigenvalue weighted by atomic mass is 35.5. The standard InChI is InChI=1S/C19H19ClN2O3/c1-25-17-5-3-2-4-14(17)8-11-18(23)21-12-13-22-19(24)15-6-9-16(20)10-7-15/h2-11H,12-13H2,1H3,(H,21,23)(H,22,24)/b11-8+. The van der Waals surface area contributed by atoms with Gasteiger partial charge in [-0.2, -0.15) is 0 Å². The first-order valence-corrected chi connectivity index (χ1v) is 8.10. The van der Waals surface area contributed by atoms with Crippen LogP contribution in [0.15, 0.2) is 54.6 Å². The zero-order valence-corrected chi connectivity index (χ0v) is 14.5. The predicted octanol–water partition coefficient (Wildman–Crippen LogP) is 2.91. The minimum absolute atomic E-state index is 0.213. The number of ether oxygens (including phenoxy) is 1. The first-order valence-electron chi connectivity index (χ1n) is 7.73. The average molecular weight is 359 g/mol. The smallest absolute Gasteiger partial charge is 0.251 e. The summed E-state index contributed by atoms with van der Waals surface area (Å²) < 4.78 is 5.21. The molecule has 0 unspecified atom stereocenters. The van der Waals surface area contributed by atoms with Crippen molar-refractivity contribution in [2.24, 2.45) is 0 Å². The van der Waals surface area contributed by atoms with Gasteiger partial charge in [-0.25, -0.2) is 0 Å². The Morgan fingerprint density at radius 1 is 1.04 bits per heavy atom. The van der Waals surface area contributed by atoms with Crippen molar-refractivity contribution in [3.05, 3.63) is 70.8 Å². The van der Waals surface area contributed by atoms with Gasteiger partial charge in [-0.15, -0.1) is 0 Å². The van der Waals surface area contributed by atoms with Gasteiger partial charge in [-0.1, -0.05) is 29.8 Å². The van der Waals surface area contributed by atoms with Crippen LogP contribution in [0.5, 0.6) is 5.75 Å². The van der Waals surface area contributed by atoms with Crippen LogP contribution in [-0.4, -0.2) is 32.0 Å². The molecule has 5 nitrogen and oxygen atoms in total. The van der Waals surface area contributed by atoms with Crippen molar-refractivity contribution >= 4 is 29.5 Å². The van der Waals surface area contributed by atoms with Gasteiger partial charge in [0.15, 0.2) is 0 Å². The molecule has 2 aromatic carbocycles. The molecule has 0 fully saturated rings. The van der Waals surface area contributed by atoms with Crippen molar-refractivity contribution in [2.75, 3.05) is 20.2 Å². The lowest BCUT2D eigenvalue weighted by Crippen LogP contribution is -2.33. The number of halogens is 1. The van der Waals surface area contributed by atoms with E-state index < -0.39 is 0 Å². The molecule has 25 heavy (non-hydrogen) atoms. The van der Waals surface area contributed by atoms with Gasteiger partial charge in [0.2, 0.25) is 5.91 Å². The Bertz CT molecular complexity index is 758. The molecule has 0 aliphatic rings. The Kier molecular flexibility index (Phi) is 7.04. The summed E-state index contributed by atoms with van der Waals surface area (Å²) in [7, 11) is 1.58. The third-order valence-corrected chi connectivity index (χ3v) is 3.62. The minimum Gasteiger partial charge on any atom is -0.496 e. The molecule has 0 saturated carbocycles. The number of carbonyl (C=O) groups is 2. The van der Waals surface area contributed by atoms with Crippen LogP contribution < -0.4 is 15.4 Å². The summed E-state index contributed by atoms with van der Waals surface area (Å²) in [6.45, 7) is 0.657. The number of para-hydroxylation sites is 1. The summed E-state index contributed by atoms with van der Waals surface area (Å²) in [5.41, 5.74) is 1.34. The topological polar surface area (TPSA) is 67.4 Å². The SMILES string of the molecule is COc1ccccc1/C=C/C(=O)NCCNC(=O)c1ccc(Cl)cc1. The molecule has 130 valence electrons. The first kappa shape index (κ1) is 18.5. The number of hydrogen-bond donors (Lipinski definition) is 2. The summed E-state index contributed by atoms with van der Waals surface area (Å²) in [6.07, 6.45) is 3.11. The fourth-order valence-electron chi connectivity index (χ4n) is 2.09. The van der Waals surface area contributed by atoms with Gasteiger partial charge >= 0.3 is 0 Å². The average Bonchev–Trinajstić information content (AvgIpc) is 2.64. The van der Waals surface area contributed by atoms with E-state index in [1.807, 2.05) is 24.3 Å². The van der Waals surface area contributed by atoms with E-state index in [1.54, 1.807) is 37.5 Å². The fourth-order valence-corrected chi connectivity index (χ4v) is 2.22. The van der Waals surface area contributed by atoms with Crippen molar-refractivity contribution in [3.8, 4) is 5.75 Å². The molecular formula is C19H19ClN2O3. The molecule has 0 aliphatic heterocycles. The lowest BCUT2D eigenvalue weighted by Gasteiger charge is -2.06. The van der Waals surface area contributed by atoms with Crippen LogP contribution >= 0.6 is 11.6 Å². The largest absolute Gasteiger partial charge is 0.496 e. The van der Waals surface area contributed by atoms with Crippen LogP contribution in [0.25, 0.3) is 6.08 Å². The van der Waals surface area contributed by atoms with Crippen molar-refractivity contribution in [1.29, 1.82) is 0 Å². The lowest BCUT2D eigenvalue weighted by molar-refractivity contribution is -0.116. The van der Waals surface area contributed by atoms with E-state index in [0.29, 0.717) is 29.4 Å². The second kappa shape index (κ2) is 9.49. The van der Waals surface area contributed by atoms with Gasteiger partial charge in [-0.05, 0) is 36.4 Å². The van der Waals surface area contributed by atoms with Gasteiger partial charge in [0.25, 0.3) is 5.91 Å². The molecule has 0 aliphatic carbocycles. The van der Waals surface area contributed by atoms with E-state index in [2.05, 4.69) is 10.6 Å². The molecule has 0 heterocycles. The van der Waals surface area contributed by atoms with Crippen LogP contribution in [-0.2, 0) is 4.79 Å².